The predicted octanol–water partition coefficient (Wildman–Crippen LogP) is -0.171. The van der Waals surface area contributed by atoms with Gasteiger partial charge >= 0.3 is 0 Å². The highest BCUT2D eigenvalue weighted by Gasteiger charge is 2.32. The number of carbonyl (C=O) groups is 3. The van der Waals surface area contributed by atoms with Crippen molar-refractivity contribution in [2.24, 2.45) is 0 Å². The number of aldehydes is 1. The standard InChI is InChI=1S/C6H6O3S/c7-2-1-5-6(9)4(8)3-10-5/h2,5H,1,3H2. The summed E-state index contributed by atoms with van der Waals surface area (Å²) >= 11 is 1.25. The van der Waals surface area contributed by atoms with Crippen molar-refractivity contribution < 1.29 is 14.4 Å². The summed E-state index contributed by atoms with van der Waals surface area (Å²) in [7, 11) is 0. The van der Waals surface area contributed by atoms with Crippen molar-refractivity contribution in [2.75, 3.05) is 5.75 Å². The highest BCUT2D eigenvalue weighted by atomic mass is 32.2. The Labute approximate surface area is 62.2 Å². The molecule has 54 valence electrons. The third-order valence-corrected chi connectivity index (χ3v) is 2.53. The quantitative estimate of drug-likeness (QED) is 0.413. The van der Waals surface area contributed by atoms with Gasteiger partial charge in [0.2, 0.25) is 11.6 Å². The van der Waals surface area contributed by atoms with Crippen molar-refractivity contribution in [3.8, 4) is 0 Å². The molecule has 1 heterocycles. The molecule has 0 aromatic carbocycles. The fourth-order valence-electron chi connectivity index (χ4n) is 0.765. The number of Topliss-reactive ketones (excluding diaryl/α,β-unsaturated/α-hetero) is 2. The van der Waals surface area contributed by atoms with Gasteiger partial charge < -0.3 is 4.79 Å². The third-order valence-electron chi connectivity index (χ3n) is 1.29. The van der Waals surface area contributed by atoms with Gasteiger partial charge in [-0.15, -0.1) is 11.8 Å². The summed E-state index contributed by atoms with van der Waals surface area (Å²) in [6.07, 6.45) is 0.851. The Bertz CT molecular complexity index is 187. The van der Waals surface area contributed by atoms with Crippen molar-refractivity contribution in [1.82, 2.24) is 0 Å². The number of ketones is 2. The van der Waals surface area contributed by atoms with E-state index in [1.165, 1.54) is 11.8 Å². The molecule has 0 bridgehead atoms. The highest BCUT2D eigenvalue weighted by Crippen LogP contribution is 2.22. The summed E-state index contributed by atoms with van der Waals surface area (Å²) in [5, 5.41) is -0.384. The third kappa shape index (κ3) is 1.26. The number of hydrogen-bond acceptors (Lipinski definition) is 4. The zero-order valence-corrected chi connectivity index (χ0v) is 6.02. The van der Waals surface area contributed by atoms with Crippen LogP contribution in [-0.4, -0.2) is 28.9 Å². The molecule has 0 saturated carbocycles. The van der Waals surface area contributed by atoms with Crippen LogP contribution in [0, 0.1) is 0 Å². The lowest BCUT2D eigenvalue weighted by atomic mass is 10.2. The van der Waals surface area contributed by atoms with Crippen LogP contribution in [0.5, 0.6) is 0 Å². The minimum Gasteiger partial charge on any atom is -0.303 e. The molecule has 1 aliphatic rings. The van der Waals surface area contributed by atoms with Crippen LogP contribution in [0.1, 0.15) is 6.42 Å². The topological polar surface area (TPSA) is 51.2 Å². The van der Waals surface area contributed by atoms with Gasteiger partial charge in [-0.2, -0.15) is 0 Å². The number of carbonyl (C=O) groups excluding carboxylic acids is 3. The Morgan fingerprint density at radius 1 is 1.60 bits per heavy atom. The first-order valence-corrected chi connectivity index (χ1v) is 3.93. The monoisotopic (exact) mass is 158 g/mol. The lowest BCUT2D eigenvalue weighted by molar-refractivity contribution is -0.134. The molecule has 10 heavy (non-hydrogen) atoms. The molecular formula is C6H6O3S. The SMILES string of the molecule is O=CCC1SCC(=O)C1=O. The summed E-state index contributed by atoms with van der Waals surface area (Å²) in [4.78, 5) is 31.3. The van der Waals surface area contributed by atoms with E-state index in [2.05, 4.69) is 0 Å². The van der Waals surface area contributed by atoms with Crippen molar-refractivity contribution in [3.63, 3.8) is 0 Å². The zero-order valence-electron chi connectivity index (χ0n) is 5.20. The van der Waals surface area contributed by atoms with Crippen LogP contribution in [-0.2, 0) is 14.4 Å². The molecule has 0 aliphatic carbocycles. The van der Waals surface area contributed by atoms with E-state index < -0.39 is 5.78 Å². The Kier molecular flexibility index (Phi) is 2.21. The van der Waals surface area contributed by atoms with Gasteiger partial charge in [0.25, 0.3) is 0 Å². The maximum Gasteiger partial charge on any atom is 0.212 e. The van der Waals surface area contributed by atoms with Crippen molar-refractivity contribution in [1.29, 1.82) is 0 Å². The summed E-state index contributed by atoms with van der Waals surface area (Å²) in [6, 6.07) is 0. The maximum absolute atomic E-state index is 10.8. The average Bonchev–Trinajstić information content (AvgIpc) is 2.20. The van der Waals surface area contributed by atoms with Crippen LogP contribution in [0.25, 0.3) is 0 Å². The molecule has 0 aromatic heterocycles. The minimum atomic E-state index is -0.392. The Morgan fingerprint density at radius 3 is 2.70 bits per heavy atom. The first-order chi connectivity index (χ1) is 4.75. The summed E-state index contributed by atoms with van der Waals surface area (Å²) < 4.78 is 0. The molecule has 1 fully saturated rings. The second kappa shape index (κ2) is 2.96. The van der Waals surface area contributed by atoms with E-state index in [1.54, 1.807) is 0 Å². The molecular weight excluding hydrogens is 152 g/mol. The summed E-state index contributed by atoms with van der Waals surface area (Å²) in [5.41, 5.74) is 0. The number of thioether (sulfide) groups is 1. The molecule has 1 rings (SSSR count). The molecule has 0 N–H and O–H groups in total. The molecule has 0 amide bonds. The van der Waals surface area contributed by atoms with Gasteiger partial charge in [-0.3, -0.25) is 9.59 Å². The molecule has 3 nitrogen and oxygen atoms in total. The molecule has 0 radical (unpaired) electrons. The molecule has 1 atom stereocenters. The summed E-state index contributed by atoms with van der Waals surface area (Å²) in [5.74, 6) is -0.494. The van der Waals surface area contributed by atoms with E-state index in [4.69, 9.17) is 0 Å². The van der Waals surface area contributed by atoms with Crippen molar-refractivity contribution >= 4 is 29.6 Å². The first kappa shape index (κ1) is 7.47. The van der Waals surface area contributed by atoms with Crippen LogP contribution in [0.2, 0.25) is 0 Å². The highest BCUT2D eigenvalue weighted by molar-refractivity contribution is 8.02. The number of rotatable bonds is 2. The van der Waals surface area contributed by atoms with Gasteiger partial charge in [0.15, 0.2) is 0 Å². The first-order valence-electron chi connectivity index (χ1n) is 2.88. The van der Waals surface area contributed by atoms with Crippen molar-refractivity contribution in [3.05, 3.63) is 0 Å². The maximum atomic E-state index is 10.8. The van der Waals surface area contributed by atoms with Crippen LogP contribution >= 0.6 is 11.8 Å². The van der Waals surface area contributed by atoms with E-state index >= 15 is 0 Å². The molecule has 4 heteroatoms. The smallest absolute Gasteiger partial charge is 0.212 e. The van der Waals surface area contributed by atoms with Crippen LogP contribution in [0.3, 0.4) is 0 Å². The normalized spacial score (nSPS) is 25.4. The Hall–Kier alpha value is -0.640. The zero-order chi connectivity index (χ0) is 7.56. The van der Waals surface area contributed by atoms with Gasteiger partial charge in [0, 0.05) is 6.42 Å². The molecule has 1 unspecified atom stereocenters. The second-order valence-electron chi connectivity index (χ2n) is 1.99. The van der Waals surface area contributed by atoms with Crippen LogP contribution in [0.4, 0.5) is 0 Å². The largest absolute Gasteiger partial charge is 0.303 e. The van der Waals surface area contributed by atoms with E-state index in [0.717, 1.165) is 0 Å². The minimum absolute atomic E-state index is 0.176. The van der Waals surface area contributed by atoms with E-state index in [9.17, 15) is 14.4 Å². The molecule has 0 spiro atoms. The summed E-state index contributed by atoms with van der Waals surface area (Å²) in [6.45, 7) is 0. The lowest BCUT2D eigenvalue weighted by Gasteiger charge is -1.96. The van der Waals surface area contributed by atoms with Gasteiger partial charge in [0.05, 0.1) is 11.0 Å². The van der Waals surface area contributed by atoms with Crippen molar-refractivity contribution in [2.45, 2.75) is 11.7 Å². The van der Waals surface area contributed by atoms with Gasteiger partial charge in [-0.25, -0.2) is 0 Å². The van der Waals surface area contributed by atoms with Gasteiger partial charge in [-0.1, -0.05) is 0 Å². The fourth-order valence-corrected chi connectivity index (χ4v) is 1.76. The second-order valence-corrected chi connectivity index (χ2v) is 3.18. The van der Waals surface area contributed by atoms with Crippen LogP contribution < -0.4 is 0 Å². The lowest BCUT2D eigenvalue weighted by Crippen LogP contribution is -2.18. The van der Waals surface area contributed by atoms with Gasteiger partial charge in [-0.05, 0) is 0 Å². The fraction of sp³-hybridized carbons (Fsp3) is 0.500. The average molecular weight is 158 g/mol. The Morgan fingerprint density at radius 2 is 2.30 bits per heavy atom. The number of hydrogen-bond donors (Lipinski definition) is 0. The molecule has 1 aliphatic heterocycles. The molecule has 0 aromatic rings. The van der Waals surface area contributed by atoms with E-state index in [1.807, 2.05) is 0 Å². The van der Waals surface area contributed by atoms with E-state index in [-0.39, 0.29) is 23.2 Å². The molecule has 1 saturated heterocycles. The van der Waals surface area contributed by atoms with Crippen LogP contribution in [0.15, 0.2) is 0 Å². The Balaban J connectivity index is 2.57. The van der Waals surface area contributed by atoms with Gasteiger partial charge in [0.1, 0.15) is 6.29 Å². The van der Waals surface area contributed by atoms with E-state index in [0.29, 0.717) is 6.29 Å². The predicted molar refractivity (Wildman–Crippen MR) is 36.9 cm³/mol.